The van der Waals surface area contributed by atoms with Gasteiger partial charge in [0.2, 0.25) is 11.9 Å². The molecule has 1 aromatic carbocycles. The minimum atomic E-state index is -0.141. The predicted octanol–water partition coefficient (Wildman–Crippen LogP) is 2.48. The summed E-state index contributed by atoms with van der Waals surface area (Å²) in [6.07, 6.45) is 5.12. The Bertz CT molecular complexity index is 881. The molecule has 2 heterocycles. The van der Waals surface area contributed by atoms with Gasteiger partial charge in [-0.15, -0.1) is 0 Å². The standard InChI is InChI=1S/C18H20ClN7O/c1-2-21-18-24-15(9-16(25-18)26-8-7-20-12-26)22-11-17(27)23-10-13-3-5-14(19)6-4-13/h3-9,12H,2,10-11H2,1H3,(H,23,27)(H2,21,22,24,25). The summed E-state index contributed by atoms with van der Waals surface area (Å²) in [5, 5.41) is 9.63. The van der Waals surface area contributed by atoms with Crippen molar-refractivity contribution in [2.45, 2.75) is 13.5 Å². The molecule has 0 radical (unpaired) electrons. The van der Waals surface area contributed by atoms with E-state index in [0.29, 0.717) is 35.7 Å². The van der Waals surface area contributed by atoms with Crippen molar-refractivity contribution in [3.05, 3.63) is 59.6 Å². The van der Waals surface area contributed by atoms with E-state index in [-0.39, 0.29) is 12.5 Å². The normalized spacial score (nSPS) is 10.4. The van der Waals surface area contributed by atoms with Crippen molar-refractivity contribution >= 4 is 29.3 Å². The largest absolute Gasteiger partial charge is 0.361 e. The molecule has 140 valence electrons. The van der Waals surface area contributed by atoms with E-state index < -0.39 is 0 Å². The van der Waals surface area contributed by atoms with Gasteiger partial charge in [0, 0.05) is 36.6 Å². The topological polar surface area (TPSA) is 96.8 Å². The summed E-state index contributed by atoms with van der Waals surface area (Å²) in [4.78, 5) is 24.9. The van der Waals surface area contributed by atoms with Crippen molar-refractivity contribution in [1.29, 1.82) is 0 Å². The Morgan fingerprint density at radius 2 is 2.00 bits per heavy atom. The molecule has 0 bridgehead atoms. The second-order valence-electron chi connectivity index (χ2n) is 5.69. The van der Waals surface area contributed by atoms with Crippen LogP contribution in [0.25, 0.3) is 5.82 Å². The van der Waals surface area contributed by atoms with E-state index in [4.69, 9.17) is 11.6 Å². The van der Waals surface area contributed by atoms with Gasteiger partial charge in [-0.1, -0.05) is 23.7 Å². The quantitative estimate of drug-likeness (QED) is 0.551. The van der Waals surface area contributed by atoms with Crippen LogP contribution in [0.1, 0.15) is 12.5 Å². The smallest absolute Gasteiger partial charge is 0.239 e. The molecular weight excluding hydrogens is 366 g/mol. The minimum Gasteiger partial charge on any atom is -0.361 e. The summed E-state index contributed by atoms with van der Waals surface area (Å²) in [5.41, 5.74) is 0.978. The molecule has 0 spiro atoms. The number of anilines is 2. The third-order valence-corrected chi connectivity index (χ3v) is 3.90. The number of amides is 1. The average Bonchev–Trinajstić information content (AvgIpc) is 3.21. The molecule has 0 saturated heterocycles. The maximum Gasteiger partial charge on any atom is 0.239 e. The molecule has 8 nitrogen and oxygen atoms in total. The molecule has 3 aromatic rings. The van der Waals surface area contributed by atoms with Gasteiger partial charge in [-0.3, -0.25) is 9.36 Å². The molecule has 0 saturated carbocycles. The van der Waals surface area contributed by atoms with Gasteiger partial charge in [-0.05, 0) is 24.6 Å². The van der Waals surface area contributed by atoms with Crippen LogP contribution in [0.15, 0.2) is 49.1 Å². The second-order valence-corrected chi connectivity index (χ2v) is 6.13. The first-order valence-corrected chi connectivity index (χ1v) is 8.88. The van der Waals surface area contributed by atoms with Crippen LogP contribution in [-0.4, -0.2) is 38.5 Å². The highest BCUT2D eigenvalue weighted by Gasteiger charge is 2.08. The molecule has 9 heteroatoms. The maximum atomic E-state index is 12.1. The fourth-order valence-electron chi connectivity index (χ4n) is 2.33. The van der Waals surface area contributed by atoms with Crippen LogP contribution in [0.4, 0.5) is 11.8 Å². The number of benzene rings is 1. The van der Waals surface area contributed by atoms with Gasteiger partial charge < -0.3 is 16.0 Å². The second kappa shape index (κ2) is 9.00. The van der Waals surface area contributed by atoms with Gasteiger partial charge in [0.1, 0.15) is 18.0 Å². The average molecular weight is 386 g/mol. The lowest BCUT2D eigenvalue weighted by Gasteiger charge is -2.11. The molecular formula is C18H20ClN7O. The molecule has 0 atom stereocenters. The lowest BCUT2D eigenvalue weighted by Crippen LogP contribution is -2.29. The maximum absolute atomic E-state index is 12.1. The summed E-state index contributed by atoms with van der Waals surface area (Å²) in [6.45, 7) is 3.18. The zero-order valence-corrected chi connectivity index (χ0v) is 15.6. The summed E-state index contributed by atoms with van der Waals surface area (Å²) in [5.74, 6) is 1.54. The third-order valence-electron chi connectivity index (χ3n) is 3.65. The summed E-state index contributed by atoms with van der Waals surface area (Å²) in [7, 11) is 0. The minimum absolute atomic E-state index is 0.0968. The number of nitrogens with zero attached hydrogens (tertiary/aromatic N) is 4. The number of nitrogens with one attached hydrogen (secondary N) is 3. The monoisotopic (exact) mass is 385 g/mol. The molecule has 1 amide bonds. The number of rotatable bonds is 8. The molecule has 3 N–H and O–H groups in total. The Labute approximate surface area is 162 Å². The Kier molecular flexibility index (Phi) is 6.22. The van der Waals surface area contributed by atoms with Gasteiger partial charge in [0.15, 0.2) is 0 Å². The Morgan fingerprint density at radius 3 is 2.70 bits per heavy atom. The number of imidazole rings is 1. The van der Waals surface area contributed by atoms with Crippen molar-refractivity contribution in [1.82, 2.24) is 24.8 Å². The molecule has 27 heavy (non-hydrogen) atoms. The van der Waals surface area contributed by atoms with Crippen molar-refractivity contribution in [3.63, 3.8) is 0 Å². The van der Waals surface area contributed by atoms with E-state index in [1.54, 1.807) is 41.5 Å². The van der Waals surface area contributed by atoms with Gasteiger partial charge in [0.25, 0.3) is 0 Å². The Balaban J connectivity index is 1.60. The number of carbonyl (C=O) groups is 1. The Morgan fingerprint density at radius 1 is 1.19 bits per heavy atom. The fourth-order valence-corrected chi connectivity index (χ4v) is 2.45. The SMILES string of the molecule is CCNc1nc(NCC(=O)NCc2ccc(Cl)cc2)cc(-n2ccnc2)n1. The van der Waals surface area contributed by atoms with E-state index in [0.717, 1.165) is 5.56 Å². The zero-order valence-electron chi connectivity index (χ0n) is 14.8. The molecule has 0 unspecified atom stereocenters. The first kappa shape index (κ1) is 18.7. The van der Waals surface area contributed by atoms with Gasteiger partial charge >= 0.3 is 0 Å². The number of halogens is 1. The van der Waals surface area contributed by atoms with Crippen molar-refractivity contribution in [3.8, 4) is 5.82 Å². The lowest BCUT2D eigenvalue weighted by atomic mass is 10.2. The van der Waals surface area contributed by atoms with Crippen molar-refractivity contribution in [2.24, 2.45) is 0 Å². The van der Waals surface area contributed by atoms with E-state index in [1.807, 2.05) is 19.1 Å². The Hall–Kier alpha value is -3.13. The van der Waals surface area contributed by atoms with Crippen LogP contribution in [0, 0.1) is 0 Å². The van der Waals surface area contributed by atoms with Gasteiger partial charge in [-0.2, -0.15) is 9.97 Å². The molecule has 3 rings (SSSR count). The first-order chi connectivity index (χ1) is 13.1. The van der Waals surface area contributed by atoms with Gasteiger partial charge in [0.05, 0.1) is 6.54 Å². The van der Waals surface area contributed by atoms with Gasteiger partial charge in [-0.25, -0.2) is 4.98 Å². The van der Waals surface area contributed by atoms with Crippen molar-refractivity contribution < 1.29 is 4.79 Å². The summed E-state index contributed by atoms with van der Waals surface area (Å²) in [6, 6.07) is 9.10. The molecule has 0 aliphatic carbocycles. The number of hydrogen-bond donors (Lipinski definition) is 3. The third kappa shape index (κ3) is 5.42. The highest BCUT2D eigenvalue weighted by Crippen LogP contribution is 2.13. The lowest BCUT2D eigenvalue weighted by molar-refractivity contribution is -0.119. The van der Waals surface area contributed by atoms with Crippen LogP contribution in [-0.2, 0) is 11.3 Å². The van der Waals surface area contributed by atoms with E-state index in [9.17, 15) is 4.79 Å². The molecule has 2 aromatic heterocycles. The van der Waals surface area contributed by atoms with Crippen LogP contribution >= 0.6 is 11.6 Å². The molecule has 0 aliphatic rings. The van der Waals surface area contributed by atoms with Crippen LogP contribution in [0.5, 0.6) is 0 Å². The highest BCUT2D eigenvalue weighted by molar-refractivity contribution is 6.30. The first-order valence-electron chi connectivity index (χ1n) is 8.50. The number of aromatic nitrogens is 4. The summed E-state index contributed by atoms with van der Waals surface area (Å²) >= 11 is 5.86. The fraction of sp³-hybridized carbons (Fsp3) is 0.222. The van der Waals surface area contributed by atoms with Crippen molar-refractivity contribution in [2.75, 3.05) is 23.7 Å². The van der Waals surface area contributed by atoms with Crippen LogP contribution in [0.3, 0.4) is 0 Å². The predicted molar refractivity (Wildman–Crippen MR) is 105 cm³/mol. The van der Waals surface area contributed by atoms with Crippen LogP contribution in [0.2, 0.25) is 5.02 Å². The van der Waals surface area contributed by atoms with E-state index in [2.05, 4.69) is 30.9 Å². The van der Waals surface area contributed by atoms with E-state index in [1.165, 1.54) is 0 Å². The summed E-state index contributed by atoms with van der Waals surface area (Å²) < 4.78 is 1.77. The highest BCUT2D eigenvalue weighted by atomic mass is 35.5. The number of hydrogen-bond acceptors (Lipinski definition) is 6. The molecule has 0 aliphatic heterocycles. The zero-order chi connectivity index (χ0) is 19.1. The number of carbonyl (C=O) groups excluding carboxylic acids is 1. The molecule has 0 fully saturated rings. The van der Waals surface area contributed by atoms with Crippen LogP contribution < -0.4 is 16.0 Å². The van der Waals surface area contributed by atoms with E-state index >= 15 is 0 Å².